The molecule has 0 aromatic heterocycles. The Bertz CT molecular complexity index is 1270. The fourth-order valence-corrected chi connectivity index (χ4v) is 8.96. The van der Waals surface area contributed by atoms with Crippen LogP contribution in [0.2, 0.25) is 0 Å². The molecule has 0 amide bonds. The molecule has 0 saturated carbocycles. The lowest BCUT2D eigenvalue weighted by atomic mass is 10.1. The van der Waals surface area contributed by atoms with Gasteiger partial charge in [-0.3, -0.25) is 9.59 Å². The molecule has 0 spiro atoms. The van der Waals surface area contributed by atoms with Gasteiger partial charge >= 0.3 is 11.9 Å². The van der Waals surface area contributed by atoms with Gasteiger partial charge in [0.05, 0.1) is 6.61 Å². The third-order valence-corrected chi connectivity index (χ3v) is 13.7. The molecule has 0 radical (unpaired) electrons. The molecule has 0 N–H and O–H groups in total. The zero-order valence-electron chi connectivity index (χ0n) is 48.2. The van der Waals surface area contributed by atoms with Crippen molar-refractivity contribution in [3.05, 3.63) is 72.9 Å². The van der Waals surface area contributed by atoms with Crippen LogP contribution in [0.3, 0.4) is 0 Å². The van der Waals surface area contributed by atoms with E-state index in [1.54, 1.807) is 0 Å². The molecular formula is C67H120O5. The van der Waals surface area contributed by atoms with Crippen LogP contribution in [-0.2, 0) is 23.8 Å². The molecule has 0 saturated heterocycles. The summed E-state index contributed by atoms with van der Waals surface area (Å²) in [7, 11) is 0. The van der Waals surface area contributed by atoms with Gasteiger partial charge in [0.1, 0.15) is 6.61 Å². The Morgan fingerprint density at radius 3 is 0.972 bits per heavy atom. The fourth-order valence-electron chi connectivity index (χ4n) is 8.96. The summed E-state index contributed by atoms with van der Waals surface area (Å²) >= 11 is 0. The second-order valence-corrected chi connectivity index (χ2v) is 21.0. The van der Waals surface area contributed by atoms with Crippen molar-refractivity contribution >= 4 is 11.9 Å². The zero-order chi connectivity index (χ0) is 52.0. The van der Waals surface area contributed by atoms with Crippen molar-refractivity contribution < 1.29 is 23.8 Å². The van der Waals surface area contributed by atoms with Gasteiger partial charge in [0, 0.05) is 19.4 Å². The van der Waals surface area contributed by atoms with E-state index in [-0.39, 0.29) is 25.2 Å². The summed E-state index contributed by atoms with van der Waals surface area (Å²) < 4.78 is 17.5. The second kappa shape index (κ2) is 62.6. The van der Waals surface area contributed by atoms with Crippen LogP contribution in [0.1, 0.15) is 316 Å². The summed E-state index contributed by atoms with van der Waals surface area (Å²) in [5, 5.41) is 0. The lowest BCUT2D eigenvalue weighted by molar-refractivity contribution is -0.163. The van der Waals surface area contributed by atoms with Crippen molar-refractivity contribution in [3.8, 4) is 0 Å². The van der Waals surface area contributed by atoms with Crippen LogP contribution in [0, 0.1) is 0 Å². The predicted octanol–water partition coefficient (Wildman–Crippen LogP) is 21.8. The van der Waals surface area contributed by atoms with Crippen LogP contribution >= 0.6 is 0 Å². The normalized spacial score (nSPS) is 12.7. The highest BCUT2D eigenvalue weighted by molar-refractivity contribution is 5.70. The number of ether oxygens (including phenoxy) is 3. The van der Waals surface area contributed by atoms with Crippen molar-refractivity contribution in [2.45, 2.75) is 322 Å². The van der Waals surface area contributed by atoms with Crippen LogP contribution in [0.5, 0.6) is 0 Å². The SMILES string of the molecule is CCCCC/C=C\C/C=C\C/C=C\CCCCCCCCC(=O)OCC(COCCCCCCCCCCCC/C=C\CCCCCCCC)OC(=O)CCCCCCCCC/C=C\C/C=C\CCCCC. The molecule has 1 unspecified atom stereocenters. The summed E-state index contributed by atoms with van der Waals surface area (Å²) in [6.45, 7) is 7.79. The van der Waals surface area contributed by atoms with Gasteiger partial charge in [-0.2, -0.15) is 0 Å². The van der Waals surface area contributed by atoms with Gasteiger partial charge in [0.15, 0.2) is 6.10 Å². The highest BCUT2D eigenvalue weighted by Gasteiger charge is 2.17. The van der Waals surface area contributed by atoms with E-state index in [1.807, 2.05) is 0 Å². The molecule has 72 heavy (non-hydrogen) atoms. The number of rotatable bonds is 58. The number of esters is 2. The number of hydrogen-bond acceptors (Lipinski definition) is 5. The Hall–Kier alpha value is -2.66. The van der Waals surface area contributed by atoms with Crippen LogP contribution in [0.15, 0.2) is 72.9 Å². The van der Waals surface area contributed by atoms with E-state index in [2.05, 4.69) is 93.7 Å². The smallest absolute Gasteiger partial charge is 0.306 e. The maximum atomic E-state index is 12.9. The monoisotopic (exact) mass is 1000 g/mol. The van der Waals surface area contributed by atoms with Gasteiger partial charge in [-0.1, -0.05) is 261 Å². The number of carbonyl (C=O) groups is 2. The number of carbonyl (C=O) groups excluding carboxylic acids is 2. The Morgan fingerprint density at radius 1 is 0.306 bits per heavy atom. The average molecular weight is 1010 g/mol. The molecule has 5 nitrogen and oxygen atoms in total. The summed E-state index contributed by atoms with van der Waals surface area (Å²) in [6, 6.07) is 0. The molecule has 0 aromatic rings. The van der Waals surface area contributed by atoms with Gasteiger partial charge < -0.3 is 14.2 Å². The molecule has 0 aliphatic carbocycles. The van der Waals surface area contributed by atoms with E-state index >= 15 is 0 Å². The predicted molar refractivity (Wildman–Crippen MR) is 316 cm³/mol. The Kier molecular flexibility index (Phi) is 60.3. The first-order valence-corrected chi connectivity index (χ1v) is 31.5. The van der Waals surface area contributed by atoms with Gasteiger partial charge in [0.2, 0.25) is 0 Å². The van der Waals surface area contributed by atoms with Crippen molar-refractivity contribution in [2.75, 3.05) is 19.8 Å². The minimum atomic E-state index is -0.550. The molecule has 0 aliphatic rings. The topological polar surface area (TPSA) is 61.8 Å². The molecular weight excluding hydrogens is 885 g/mol. The van der Waals surface area contributed by atoms with E-state index in [0.717, 1.165) is 77.0 Å². The Labute approximate surface area is 448 Å². The number of unbranched alkanes of at least 4 members (excludes halogenated alkanes) is 35. The van der Waals surface area contributed by atoms with Crippen LogP contribution in [0.4, 0.5) is 0 Å². The fraction of sp³-hybridized carbons (Fsp3) is 0.791. The Balaban J connectivity index is 4.30. The third-order valence-electron chi connectivity index (χ3n) is 13.7. The first-order chi connectivity index (χ1) is 35.6. The largest absolute Gasteiger partial charge is 0.462 e. The molecule has 0 aliphatic heterocycles. The van der Waals surface area contributed by atoms with Crippen LogP contribution in [-0.4, -0.2) is 37.9 Å². The highest BCUT2D eigenvalue weighted by atomic mass is 16.6. The molecule has 1 atom stereocenters. The second-order valence-electron chi connectivity index (χ2n) is 21.0. The lowest BCUT2D eigenvalue weighted by Crippen LogP contribution is -2.30. The van der Waals surface area contributed by atoms with Crippen LogP contribution in [0.25, 0.3) is 0 Å². The summed E-state index contributed by atoms with van der Waals surface area (Å²) in [6.07, 6.45) is 82.1. The van der Waals surface area contributed by atoms with Gasteiger partial charge in [-0.15, -0.1) is 0 Å². The van der Waals surface area contributed by atoms with E-state index in [9.17, 15) is 9.59 Å². The average Bonchev–Trinajstić information content (AvgIpc) is 3.38. The molecule has 5 heteroatoms. The summed E-state index contributed by atoms with van der Waals surface area (Å²) in [4.78, 5) is 25.6. The van der Waals surface area contributed by atoms with E-state index in [4.69, 9.17) is 14.2 Å². The van der Waals surface area contributed by atoms with Gasteiger partial charge in [-0.05, 0) is 116 Å². The minimum absolute atomic E-state index is 0.0744. The maximum absolute atomic E-state index is 12.9. The molecule has 418 valence electrons. The summed E-state index contributed by atoms with van der Waals surface area (Å²) in [5.41, 5.74) is 0. The molecule has 0 bridgehead atoms. The van der Waals surface area contributed by atoms with Crippen LogP contribution < -0.4 is 0 Å². The van der Waals surface area contributed by atoms with Crippen molar-refractivity contribution in [2.24, 2.45) is 0 Å². The number of hydrogen-bond donors (Lipinski definition) is 0. The van der Waals surface area contributed by atoms with E-state index < -0.39 is 6.10 Å². The van der Waals surface area contributed by atoms with Crippen molar-refractivity contribution in [1.29, 1.82) is 0 Å². The number of allylic oxidation sites excluding steroid dienone is 12. The zero-order valence-corrected chi connectivity index (χ0v) is 48.2. The molecule has 0 fully saturated rings. The standard InChI is InChI=1S/C67H120O5/c1-4-7-10-13-16-19-22-25-28-31-33-35-38-41-44-47-50-53-56-59-62-70-63-65(72-67(69)61-58-55-52-49-46-43-40-36-30-27-24-21-18-15-12-9-6-3)64-71-66(68)60-57-54-51-48-45-42-39-37-34-32-29-26-23-20-17-14-11-8-5-2/h17-18,20-21,25-30,34,37,65H,4-16,19,22-24,31-33,35-36,38-64H2,1-3H3/b20-17-,21-18-,28-25-,29-26-,30-27-,37-34-. The summed E-state index contributed by atoms with van der Waals surface area (Å²) in [5.74, 6) is -0.410. The third kappa shape index (κ3) is 59.9. The van der Waals surface area contributed by atoms with Gasteiger partial charge in [-0.25, -0.2) is 0 Å². The van der Waals surface area contributed by atoms with Gasteiger partial charge in [0.25, 0.3) is 0 Å². The first-order valence-electron chi connectivity index (χ1n) is 31.5. The van der Waals surface area contributed by atoms with Crippen molar-refractivity contribution in [3.63, 3.8) is 0 Å². The molecule has 0 aromatic carbocycles. The van der Waals surface area contributed by atoms with E-state index in [0.29, 0.717) is 19.4 Å². The Morgan fingerprint density at radius 2 is 0.583 bits per heavy atom. The molecule has 0 rings (SSSR count). The lowest BCUT2D eigenvalue weighted by Gasteiger charge is -2.18. The quantitative estimate of drug-likeness (QED) is 0.0345. The van der Waals surface area contributed by atoms with Crippen molar-refractivity contribution in [1.82, 2.24) is 0 Å². The maximum Gasteiger partial charge on any atom is 0.306 e. The highest BCUT2D eigenvalue weighted by Crippen LogP contribution is 2.15. The molecule has 0 heterocycles. The van der Waals surface area contributed by atoms with E-state index in [1.165, 1.54) is 205 Å². The minimum Gasteiger partial charge on any atom is -0.462 e. The first kappa shape index (κ1) is 69.3.